The summed E-state index contributed by atoms with van der Waals surface area (Å²) in [4.78, 5) is 23.1. The van der Waals surface area contributed by atoms with Gasteiger partial charge in [0.25, 0.3) is 5.91 Å². The van der Waals surface area contributed by atoms with E-state index in [2.05, 4.69) is 5.32 Å². The molecule has 0 spiro atoms. The van der Waals surface area contributed by atoms with Gasteiger partial charge in [-0.25, -0.2) is 4.79 Å². The average molecular weight is 305 g/mol. The monoisotopic (exact) mass is 304 g/mol. The van der Waals surface area contributed by atoms with Crippen LogP contribution in [0.2, 0.25) is 5.02 Å². The third kappa shape index (κ3) is 4.47. The van der Waals surface area contributed by atoms with Crippen molar-refractivity contribution in [1.82, 2.24) is 9.88 Å². The van der Waals surface area contributed by atoms with E-state index in [1.807, 2.05) is 13.2 Å². The van der Waals surface area contributed by atoms with Gasteiger partial charge in [-0.2, -0.15) is 11.8 Å². The van der Waals surface area contributed by atoms with Gasteiger partial charge in [-0.05, 0) is 31.4 Å². The Balaban J connectivity index is 2.78. The molecule has 0 aromatic carbocycles. The van der Waals surface area contributed by atoms with Gasteiger partial charge in [0.2, 0.25) is 0 Å². The van der Waals surface area contributed by atoms with E-state index >= 15 is 0 Å². The molecule has 0 bridgehead atoms. The zero-order valence-corrected chi connectivity index (χ0v) is 12.4. The summed E-state index contributed by atoms with van der Waals surface area (Å²) < 4.78 is 1.69. The maximum atomic E-state index is 12.1. The van der Waals surface area contributed by atoms with Crippen LogP contribution in [0.3, 0.4) is 0 Å². The predicted molar refractivity (Wildman–Crippen MR) is 77.0 cm³/mol. The number of carboxylic acids is 1. The van der Waals surface area contributed by atoms with Crippen LogP contribution in [-0.2, 0) is 11.3 Å². The van der Waals surface area contributed by atoms with Crippen molar-refractivity contribution in [1.29, 1.82) is 0 Å². The second kappa shape index (κ2) is 7.45. The van der Waals surface area contributed by atoms with Crippen molar-refractivity contribution in [3.8, 4) is 0 Å². The summed E-state index contributed by atoms with van der Waals surface area (Å²) in [5.74, 6) is -0.766. The summed E-state index contributed by atoms with van der Waals surface area (Å²) >= 11 is 7.39. The molecule has 0 aliphatic heterocycles. The summed E-state index contributed by atoms with van der Waals surface area (Å²) in [6.07, 6.45) is 3.93. The zero-order chi connectivity index (χ0) is 14.4. The smallest absolute Gasteiger partial charge is 0.326 e. The lowest BCUT2D eigenvalue weighted by Gasteiger charge is -2.14. The van der Waals surface area contributed by atoms with Gasteiger partial charge in [-0.3, -0.25) is 4.79 Å². The topological polar surface area (TPSA) is 71.3 Å². The maximum absolute atomic E-state index is 12.1. The Morgan fingerprint density at radius 2 is 2.26 bits per heavy atom. The molecule has 0 radical (unpaired) electrons. The van der Waals surface area contributed by atoms with E-state index in [-0.39, 0.29) is 0 Å². The first kappa shape index (κ1) is 15.9. The van der Waals surface area contributed by atoms with Gasteiger partial charge in [-0.15, -0.1) is 0 Å². The highest BCUT2D eigenvalue weighted by molar-refractivity contribution is 7.98. The number of rotatable bonds is 7. The van der Waals surface area contributed by atoms with Crippen molar-refractivity contribution < 1.29 is 14.7 Å². The number of amides is 1. The lowest BCUT2D eigenvalue weighted by atomic mass is 10.2. The number of thioether (sulfide) groups is 1. The van der Waals surface area contributed by atoms with Crippen LogP contribution < -0.4 is 5.32 Å². The molecule has 0 fully saturated rings. The first-order valence-electron chi connectivity index (χ1n) is 5.87. The van der Waals surface area contributed by atoms with Crippen LogP contribution in [0, 0.1) is 0 Å². The molecule has 2 N–H and O–H groups in total. The lowest BCUT2D eigenvalue weighted by Crippen LogP contribution is -2.41. The third-order valence-corrected chi connectivity index (χ3v) is 3.50. The molecule has 1 aromatic rings. The molecule has 1 atom stereocenters. The van der Waals surface area contributed by atoms with Crippen molar-refractivity contribution in [3.63, 3.8) is 0 Å². The second-order valence-corrected chi connectivity index (χ2v) is 5.40. The van der Waals surface area contributed by atoms with Crippen LogP contribution in [0.5, 0.6) is 0 Å². The van der Waals surface area contributed by atoms with Crippen molar-refractivity contribution in [2.45, 2.75) is 25.9 Å². The Kier molecular flexibility index (Phi) is 6.24. The van der Waals surface area contributed by atoms with Crippen LogP contribution in [0.1, 0.15) is 23.8 Å². The Labute approximate surface area is 121 Å². The summed E-state index contributed by atoms with van der Waals surface area (Å²) in [6.45, 7) is 2.48. The van der Waals surface area contributed by atoms with Gasteiger partial charge in [0.05, 0.1) is 5.02 Å². The molecule has 1 heterocycles. The number of aromatic nitrogens is 1. The molecule has 7 heteroatoms. The summed E-state index contributed by atoms with van der Waals surface area (Å²) in [6, 6.07) is 0.660. The number of halogens is 1. The largest absolute Gasteiger partial charge is 0.480 e. The number of aliphatic carboxylic acids is 1. The number of nitrogens with one attached hydrogen (secondary N) is 1. The number of carbonyl (C=O) groups excluding carboxylic acids is 1. The number of aryl methyl sites for hydroxylation is 1. The lowest BCUT2D eigenvalue weighted by molar-refractivity contribution is -0.139. The van der Waals surface area contributed by atoms with Crippen molar-refractivity contribution in [2.24, 2.45) is 0 Å². The molecule has 0 unspecified atom stereocenters. The SMILES string of the molecule is CCn1cc(Cl)cc1C(=O)N[C@@H](CCSC)C(=O)O. The van der Waals surface area contributed by atoms with Gasteiger partial charge < -0.3 is 15.0 Å². The Morgan fingerprint density at radius 1 is 1.58 bits per heavy atom. The van der Waals surface area contributed by atoms with E-state index in [0.717, 1.165) is 0 Å². The van der Waals surface area contributed by atoms with E-state index in [4.69, 9.17) is 16.7 Å². The highest BCUT2D eigenvalue weighted by atomic mass is 35.5. The quantitative estimate of drug-likeness (QED) is 0.809. The molecule has 0 saturated carbocycles. The number of hydrogen-bond donors (Lipinski definition) is 2. The van der Waals surface area contributed by atoms with E-state index < -0.39 is 17.9 Å². The number of hydrogen-bond acceptors (Lipinski definition) is 3. The van der Waals surface area contributed by atoms with Crippen LogP contribution in [0.15, 0.2) is 12.3 Å². The minimum Gasteiger partial charge on any atom is -0.480 e. The fourth-order valence-corrected chi connectivity index (χ4v) is 2.34. The summed E-state index contributed by atoms with van der Waals surface area (Å²) in [5.41, 5.74) is 0.378. The fourth-order valence-electron chi connectivity index (χ4n) is 1.65. The molecule has 19 heavy (non-hydrogen) atoms. The van der Waals surface area contributed by atoms with E-state index in [1.54, 1.807) is 22.5 Å². The molecule has 0 saturated heterocycles. The molecule has 0 aliphatic rings. The molecule has 1 aromatic heterocycles. The Morgan fingerprint density at radius 3 is 2.79 bits per heavy atom. The van der Waals surface area contributed by atoms with Crippen LogP contribution in [0.4, 0.5) is 0 Å². The van der Waals surface area contributed by atoms with Gasteiger partial charge in [0, 0.05) is 12.7 Å². The van der Waals surface area contributed by atoms with E-state index in [1.165, 1.54) is 6.07 Å². The molecule has 0 aliphatic carbocycles. The van der Waals surface area contributed by atoms with Gasteiger partial charge in [0.15, 0.2) is 0 Å². The summed E-state index contributed by atoms with van der Waals surface area (Å²) in [7, 11) is 0. The first-order chi connectivity index (χ1) is 8.99. The van der Waals surface area contributed by atoms with Crippen LogP contribution in [-0.4, -0.2) is 39.6 Å². The van der Waals surface area contributed by atoms with Crippen LogP contribution in [0.25, 0.3) is 0 Å². The average Bonchev–Trinajstić information content (AvgIpc) is 2.75. The first-order valence-corrected chi connectivity index (χ1v) is 7.65. The van der Waals surface area contributed by atoms with Gasteiger partial charge >= 0.3 is 5.97 Å². The molecule has 1 amide bonds. The number of carboxylic acid groups (broad SMARTS) is 1. The molecule has 1 rings (SSSR count). The van der Waals surface area contributed by atoms with Gasteiger partial charge in [-0.1, -0.05) is 11.6 Å². The summed E-state index contributed by atoms with van der Waals surface area (Å²) in [5, 5.41) is 12.1. The minimum absolute atomic E-state index is 0.378. The third-order valence-electron chi connectivity index (χ3n) is 2.65. The number of nitrogens with zero attached hydrogens (tertiary/aromatic N) is 1. The van der Waals surface area contributed by atoms with Gasteiger partial charge in [0.1, 0.15) is 11.7 Å². The van der Waals surface area contributed by atoms with Crippen molar-refractivity contribution in [2.75, 3.05) is 12.0 Å². The van der Waals surface area contributed by atoms with Crippen LogP contribution >= 0.6 is 23.4 Å². The molecular weight excluding hydrogens is 288 g/mol. The minimum atomic E-state index is -1.02. The predicted octanol–water partition coefficient (Wildman–Crippen LogP) is 2.10. The second-order valence-electron chi connectivity index (χ2n) is 3.98. The highest BCUT2D eigenvalue weighted by Gasteiger charge is 2.22. The highest BCUT2D eigenvalue weighted by Crippen LogP contribution is 2.14. The standard InChI is InChI=1S/C12H17ClN2O3S/c1-3-15-7-8(13)6-10(15)11(16)14-9(12(17)18)4-5-19-2/h6-7,9H,3-5H2,1-2H3,(H,14,16)(H,17,18)/t9-/m0/s1. The molecule has 5 nitrogen and oxygen atoms in total. The number of carbonyl (C=O) groups is 2. The molecule has 106 valence electrons. The maximum Gasteiger partial charge on any atom is 0.326 e. The molecular formula is C12H17ClN2O3S. The van der Waals surface area contributed by atoms with E-state index in [0.29, 0.717) is 29.4 Å². The zero-order valence-electron chi connectivity index (χ0n) is 10.9. The van der Waals surface area contributed by atoms with Crippen molar-refractivity contribution >= 4 is 35.2 Å². The van der Waals surface area contributed by atoms with E-state index in [9.17, 15) is 9.59 Å². The normalized spacial score (nSPS) is 12.2. The Bertz CT molecular complexity index is 462. The Hall–Kier alpha value is -1.14. The van der Waals surface area contributed by atoms with Crippen molar-refractivity contribution in [3.05, 3.63) is 23.0 Å². The fraction of sp³-hybridized carbons (Fsp3) is 0.500.